The Hall–Kier alpha value is -2.02. The number of nitrogens with one attached hydrogen (secondary N) is 1. The maximum atomic E-state index is 12.3. The van der Waals surface area contributed by atoms with Crippen LogP contribution in [-0.4, -0.2) is 32.5 Å². The Morgan fingerprint density at radius 2 is 1.87 bits per heavy atom. The van der Waals surface area contributed by atoms with E-state index in [0.29, 0.717) is 17.7 Å². The van der Waals surface area contributed by atoms with Crippen molar-refractivity contribution in [3.63, 3.8) is 0 Å². The molecule has 1 aliphatic rings. The number of carbonyl (C=O) groups excluding carboxylic acids is 1. The van der Waals surface area contributed by atoms with E-state index in [2.05, 4.69) is 53.8 Å². The van der Waals surface area contributed by atoms with Crippen LogP contribution in [0.15, 0.2) is 29.4 Å². The minimum Gasteiger partial charge on any atom is -0.482 e. The lowest BCUT2D eigenvalue weighted by Gasteiger charge is -2.21. The van der Waals surface area contributed by atoms with E-state index in [1.165, 1.54) is 30.2 Å². The van der Waals surface area contributed by atoms with Gasteiger partial charge in [0, 0.05) is 12.1 Å². The number of nitrogens with zero attached hydrogens (tertiary/aromatic N) is 3. The molecule has 7 heteroatoms. The van der Waals surface area contributed by atoms with Crippen molar-refractivity contribution >= 4 is 17.7 Å². The van der Waals surface area contributed by atoms with E-state index in [1.807, 2.05) is 25.1 Å². The molecule has 3 rings (SSSR count). The second kappa shape index (κ2) is 10.3. The molecule has 164 valence electrons. The zero-order chi connectivity index (χ0) is 21.7. The summed E-state index contributed by atoms with van der Waals surface area (Å²) in [5, 5.41) is 12.7. The highest BCUT2D eigenvalue weighted by Gasteiger charge is 2.23. The number of ether oxygens (including phenoxy) is 1. The molecule has 0 bridgehead atoms. The quantitative estimate of drug-likeness (QED) is 0.549. The molecule has 6 nitrogen and oxygen atoms in total. The van der Waals surface area contributed by atoms with Crippen molar-refractivity contribution in [2.75, 3.05) is 5.75 Å². The molecule has 30 heavy (non-hydrogen) atoms. The number of hydrogen-bond donors (Lipinski definition) is 1. The first-order valence-electron chi connectivity index (χ1n) is 11.0. The number of hydrogen-bond acceptors (Lipinski definition) is 5. The summed E-state index contributed by atoms with van der Waals surface area (Å²) in [6.07, 6.45) is 4.36. The summed E-state index contributed by atoms with van der Waals surface area (Å²) in [7, 11) is 0. The van der Waals surface area contributed by atoms with E-state index in [9.17, 15) is 4.79 Å². The molecule has 1 saturated carbocycles. The summed E-state index contributed by atoms with van der Waals surface area (Å²) >= 11 is 1.44. The lowest BCUT2D eigenvalue weighted by atomic mass is 10.0. The van der Waals surface area contributed by atoms with Crippen LogP contribution in [0.2, 0.25) is 0 Å². The van der Waals surface area contributed by atoms with Gasteiger partial charge in [-0.15, -0.1) is 10.2 Å². The first kappa shape index (κ1) is 22.7. The monoisotopic (exact) mass is 430 g/mol. The smallest absolute Gasteiger partial charge is 0.230 e. The number of amides is 1. The minimum atomic E-state index is -0.249. The van der Waals surface area contributed by atoms with Crippen molar-refractivity contribution < 1.29 is 9.53 Å². The summed E-state index contributed by atoms with van der Waals surface area (Å²) in [6, 6.07) is 8.64. The first-order valence-corrected chi connectivity index (χ1v) is 12.0. The maximum Gasteiger partial charge on any atom is 0.230 e. The fourth-order valence-electron chi connectivity index (χ4n) is 3.93. The van der Waals surface area contributed by atoms with Crippen molar-refractivity contribution in [3.8, 4) is 5.75 Å². The third-order valence-electron chi connectivity index (χ3n) is 5.47. The standard InChI is InChI=1S/C23H34N4O2S/c1-15(2)19-12-8-9-13-20(19)29-17(5)22-25-26-23(27(22)16(3)4)30-14-21(28)24-18-10-6-7-11-18/h8-9,12-13,15-18H,6-7,10-11,14H2,1-5H3,(H,24,28). The number of benzene rings is 1. The van der Waals surface area contributed by atoms with Gasteiger partial charge in [-0.2, -0.15) is 0 Å². The van der Waals surface area contributed by atoms with Crippen LogP contribution in [0.25, 0.3) is 0 Å². The van der Waals surface area contributed by atoms with Crippen LogP contribution in [0, 0.1) is 0 Å². The molecular formula is C23H34N4O2S. The average molecular weight is 431 g/mol. The molecule has 1 aliphatic carbocycles. The molecule has 1 atom stereocenters. The van der Waals surface area contributed by atoms with E-state index >= 15 is 0 Å². The third-order valence-corrected chi connectivity index (χ3v) is 6.41. The molecular weight excluding hydrogens is 396 g/mol. The molecule has 0 saturated heterocycles. The van der Waals surface area contributed by atoms with E-state index in [-0.39, 0.29) is 18.1 Å². The van der Waals surface area contributed by atoms with E-state index in [0.717, 1.165) is 29.6 Å². The Kier molecular flexibility index (Phi) is 7.81. The number of para-hydroxylation sites is 1. The Morgan fingerprint density at radius 3 is 2.53 bits per heavy atom. The number of carbonyl (C=O) groups is 1. The van der Waals surface area contributed by atoms with Crippen molar-refractivity contribution in [2.45, 2.75) is 89.6 Å². The Morgan fingerprint density at radius 1 is 1.17 bits per heavy atom. The molecule has 0 spiro atoms. The number of rotatable bonds is 9. The molecule has 1 heterocycles. The molecule has 2 aromatic rings. The van der Waals surface area contributed by atoms with Gasteiger partial charge in [0.15, 0.2) is 17.1 Å². The summed E-state index contributed by atoms with van der Waals surface area (Å²) in [5.74, 6) is 2.46. The normalized spacial score (nSPS) is 15.7. The van der Waals surface area contributed by atoms with E-state index in [1.54, 1.807) is 0 Å². The molecule has 1 aromatic carbocycles. The van der Waals surface area contributed by atoms with Gasteiger partial charge in [-0.1, -0.05) is 56.7 Å². The molecule has 1 N–H and O–H groups in total. The van der Waals surface area contributed by atoms with E-state index in [4.69, 9.17) is 4.74 Å². The lowest BCUT2D eigenvalue weighted by molar-refractivity contribution is -0.119. The fraction of sp³-hybridized carbons (Fsp3) is 0.609. The SMILES string of the molecule is CC(C)c1ccccc1OC(C)c1nnc(SCC(=O)NC2CCCC2)n1C(C)C. The fourth-order valence-corrected chi connectivity index (χ4v) is 4.81. The van der Waals surface area contributed by atoms with Gasteiger partial charge in [-0.05, 0) is 51.2 Å². The summed E-state index contributed by atoms with van der Waals surface area (Å²) in [5.41, 5.74) is 1.18. The molecule has 0 aliphatic heterocycles. The topological polar surface area (TPSA) is 69.0 Å². The van der Waals surface area contributed by atoms with Gasteiger partial charge in [0.05, 0.1) is 5.75 Å². The zero-order valence-electron chi connectivity index (χ0n) is 18.7. The lowest BCUT2D eigenvalue weighted by Crippen LogP contribution is -2.33. The summed E-state index contributed by atoms with van der Waals surface area (Å²) < 4.78 is 8.38. The molecule has 0 radical (unpaired) electrons. The van der Waals surface area contributed by atoms with Gasteiger partial charge in [-0.3, -0.25) is 4.79 Å². The van der Waals surface area contributed by atoms with Gasteiger partial charge >= 0.3 is 0 Å². The number of aromatic nitrogens is 3. The maximum absolute atomic E-state index is 12.3. The molecule has 1 amide bonds. The van der Waals surface area contributed by atoms with Crippen LogP contribution in [-0.2, 0) is 4.79 Å². The predicted octanol–water partition coefficient (Wildman–Crippen LogP) is 5.27. The predicted molar refractivity (Wildman–Crippen MR) is 121 cm³/mol. The highest BCUT2D eigenvalue weighted by molar-refractivity contribution is 7.99. The Labute approximate surface area is 184 Å². The minimum absolute atomic E-state index is 0.0712. The van der Waals surface area contributed by atoms with Crippen molar-refractivity contribution in [2.24, 2.45) is 0 Å². The second-order valence-electron chi connectivity index (χ2n) is 8.59. The largest absolute Gasteiger partial charge is 0.482 e. The van der Waals surface area contributed by atoms with Gasteiger partial charge in [0.1, 0.15) is 5.75 Å². The highest BCUT2D eigenvalue weighted by Crippen LogP contribution is 2.31. The van der Waals surface area contributed by atoms with Crippen LogP contribution in [0.3, 0.4) is 0 Å². The number of thioether (sulfide) groups is 1. The second-order valence-corrected chi connectivity index (χ2v) is 9.54. The van der Waals surface area contributed by atoms with Crippen LogP contribution in [0.5, 0.6) is 5.75 Å². The molecule has 1 aromatic heterocycles. The third kappa shape index (κ3) is 5.56. The molecule has 1 unspecified atom stereocenters. The first-order chi connectivity index (χ1) is 14.4. The Bertz CT molecular complexity index is 843. The zero-order valence-corrected chi connectivity index (χ0v) is 19.5. The van der Waals surface area contributed by atoms with Gasteiger partial charge in [0.25, 0.3) is 0 Å². The summed E-state index contributed by atoms with van der Waals surface area (Å²) in [6.45, 7) is 10.5. The van der Waals surface area contributed by atoms with Crippen molar-refractivity contribution in [1.82, 2.24) is 20.1 Å². The van der Waals surface area contributed by atoms with Gasteiger partial charge in [0.2, 0.25) is 5.91 Å². The average Bonchev–Trinajstić information content (AvgIpc) is 3.36. The van der Waals surface area contributed by atoms with Crippen molar-refractivity contribution in [3.05, 3.63) is 35.7 Å². The van der Waals surface area contributed by atoms with Crippen LogP contribution >= 0.6 is 11.8 Å². The summed E-state index contributed by atoms with van der Waals surface area (Å²) in [4.78, 5) is 12.3. The van der Waals surface area contributed by atoms with Crippen LogP contribution in [0.1, 0.15) is 89.8 Å². The molecule has 1 fully saturated rings. The van der Waals surface area contributed by atoms with Gasteiger partial charge < -0.3 is 14.6 Å². The van der Waals surface area contributed by atoms with Gasteiger partial charge in [-0.25, -0.2) is 0 Å². The highest BCUT2D eigenvalue weighted by atomic mass is 32.2. The van der Waals surface area contributed by atoms with Crippen molar-refractivity contribution in [1.29, 1.82) is 0 Å². The van der Waals surface area contributed by atoms with Crippen LogP contribution in [0.4, 0.5) is 0 Å². The van der Waals surface area contributed by atoms with E-state index < -0.39 is 0 Å². The Balaban J connectivity index is 1.70. The van der Waals surface area contributed by atoms with Crippen LogP contribution < -0.4 is 10.1 Å².